The molecule has 7 heteroatoms. The lowest BCUT2D eigenvalue weighted by molar-refractivity contribution is 0.270. The fourth-order valence-electron chi connectivity index (χ4n) is 2.80. The van der Waals surface area contributed by atoms with Gasteiger partial charge in [0.15, 0.2) is 11.5 Å². The van der Waals surface area contributed by atoms with E-state index in [1.165, 1.54) is 0 Å². The second-order valence-corrected chi connectivity index (χ2v) is 6.40. The van der Waals surface area contributed by atoms with Crippen LogP contribution >= 0.6 is 12.6 Å². The molecule has 0 atom stereocenters. The van der Waals surface area contributed by atoms with Crippen molar-refractivity contribution in [3.8, 4) is 23.0 Å². The Morgan fingerprint density at radius 3 is 2.33 bits per heavy atom. The zero-order valence-electron chi connectivity index (χ0n) is 15.5. The van der Waals surface area contributed by atoms with E-state index in [0.29, 0.717) is 28.7 Å². The molecular formula is C20H20N2O4S. The molecule has 0 unspecified atom stereocenters. The van der Waals surface area contributed by atoms with Crippen molar-refractivity contribution in [2.24, 2.45) is 0 Å². The number of rotatable bonds is 5. The number of fused-ring (bicyclic) bond motifs is 1. The first-order valence-corrected chi connectivity index (χ1v) is 8.67. The van der Waals surface area contributed by atoms with Crippen molar-refractivity contribution in [1.82, 2.24) is 4.98 Å². The number of methoxy groups -OCH3 is 2. The predicted octanol–water partition coefficient (Wildman–Crippen LogP) is 5.12. The van der Waals surface area contributed by atoms with E-state index in [9.17, 15) is 4.79 Å². The molecule has 0 radical (unpaired) electrons. The highest BCUT2D eigenvalue weighted by Gasteiger charge is 2.13. The Morgan fingerprint density at radius 2 is 1.67 bits per heavy atom. The van der Waals surface area contributed by atoms with Gasteiger partial charge in [0.25, 0.3) is 5.24 Å². The second kappa shape index (κ2) is 7.75. The van der Waals surface area contributed by atoms with Crippen molar-refractivity contribution in [3.63, 3.8) is 0 Å². The van der Waals surface area contributed by atoms with Crippen LogP contribution in [0.25, 0.3) is 10.9 Å². The zero-order valence-corrected chi connectivity index (χ0v) is 16.4. The minimum absolute atomic E-state index is 0.410. The van der Waals surface area contributed by atoms with E-state index in [-0.39, 0.29) is 0 Å². The van der Waals surface area contributed by atoms with Crippen molar-refractivity contribution in [3.05, 3.63) is 47.7 Å². The lowest BCUT2D eigenvalue weighted by Crippen LogP contribution is -2.03. The average Bonchev–Trinajstić information content (AvgIpc) is 2.64. The van der Waals surface area contributed by atoms with Crippen LogP contribution in [0.4, 0.5) is 10.5 Å². The monoisotopic (exact) mass is 384 g/mol. The second-order valence-electron chi connectivity index (χ2n) is 6.00. The highest BCUT2D eigenvalue weighted by Crippen LogP contribution is 2.38. The summed E-state index contributed by atoms with van der Waals surface area (Å²) in [5, 5.41) is 3.09. The Kier molecular flexibility index (Phi) is 5.41. The van der Waals surface area contributed by atoms with Gasteiger partial charge in [0.05, 0.1) is 19.7 Å². The standard InChI is InChI=1S/C20H20N2O4S/c1-11-8-17(12(2)7-14(11)22-20(23)27)26-16-5-6-21-15-10-19(25-4)18(24-3)9-13(15)16/h5-10H,1-4H3,(H2,22,23,27). The van der Waals surface area contributed by atoms with Crippen LogP contribution in [0.5, 0.6) is 23.0 Å². The van der Waals surface area contributed by atoms with E-state index in [1.807, 2.05) is 38.1 Å². The van der Waals surface area contributed by atoms with Crippen LogP contribution in [0.2, 0.25) is 0 Å². The number of amides is 1. The number of ether oxygens (including phenoxy) is 3. The molecular weight excluding hydrogens is 364 g/mol. The molecule has 3 aromatic rings. The van der Waals surface area contributed by atoms with Crippen LogP contribution in [-0.2, 0) is 0 Å². The van der Waals surface area contributed by atoms with Crippen LogP contribution in [0.15, 0.2) is 36.5 Å². The number of anilines is 1. The molecule has 3 rings (SSSR count). The third-order valence-corrected chi connectivity index (χ3v) is 4.30. The third kappa shape index (κ3) is 3.93. The summed E-state index contributed by atoms with van der Waals surface area (Å²) in [4.78, 5) is 15.6. The Morgan fingerprint density at radius 1 is 0.963 bits per heavy atom. The Balaban J connectivity index is 2.04. The van der Waals surface area contributed by atoms with Gasteiger partial charge in [-0.15, -0.1) is 0 Å². The van der Waals surface area contributed by atoms with Gasteiger partial charge < -0.3 is 19.5 Å². The first kappa shape index (κ1) is 18.8. The molecule has 6 nitrogen and oxygen atoms in total. The Bertz CT molecular complexity index is 1020. The fraction of sp³-hybridized carbons (Fsp3) is 0.200. The SMILES string of the molecule is COc1cc2nccc(Oc3cc(C)c(NC(=O)S)cc3C)c2cc1OC. The molecule has 0 fully saturated rings. The van der Waals surface area contributed by atoms with Crippen molar-refractivity contribution < 1.29 is 19.0 Å². The molecule has 0 saturated heterocycles. The minimum Gasteiger partial charge on any atom is -0.493 e. The number of carbonyl (C=O) groups is 1. The normalized spacial score (nSPS) is 10.6. The first-order valence-electron chi connectivity index (χ1n) is 8.22. The largest absolute Gasteiger partial charge is 0.493 e. The molecule has 1 aromatic heterocycles. The molecule has 1 amide bonds. The number of nitrogens with one attached hydrogen (secondary N) is 1. The molecule has 1 N–H and O–H groups in total. The summed E-state index contributed by atoms with van der Waals surface area (Å²) < 4.78 is 16.9. The maximum absolute atomic E-state index is 11.2. The summed E-state index contributed by atoms with van der Waals surface area (Å²) in [6.07, 6.45) is 1.68. The number of pyridine rings is 1. The smallest absolute Gasteiger partial charge is 0.280 e. The summed E-state index contributed by atoms with van der Waals surface area (Å²) in [6, 6.07) is 9.18. The molecule has 0 saturated carbocycles. The molecule has 0 aliphatic rings. The van der Waals surface area contributed by atoms with Gasteiger partial charge in [-0.3, -0.25) is 9.78 Å². The van der Waals surface area contributed by atoms with Crippen LogP contribution in [0.3, 0.4) is 0 Å². The number of carbonyl (C=O) groups excluding carboxylic acids is 1. The summed E-state index contributed by atoms with van der Waals surface area (Å²) in [7, 11) is 3.17. The van der Waals surface area contributed by atoms with Crippen molar-refractivity contribution in [2.45, 2.75) is 13.8 Å². The lowest BCUT2D eigenvalue weighted by atomic mass is 10.1. The average molecular weight is 384 g/mol. The van der Waals surface area contributed by atoms with E-state index in [0.717, 1.165) is 22.0 Å². The quantitative estimate of drug-likeness (QED) is 0.597. The summed E-state index contributed by atoms with van der Waals surface area (Å²) in [5.41, 5.74) is 3.18. The van der Waals surface area contributed by atoms with Gasteiger partial charge in [-0.1, -0.05) is 12.6 Å². The zero-order chi connectivity index (χ0) is 19.6. The summed E-state index contributed by atoms with van der Waals surface area (Å²) in [5.74, 6) is 2.54. The van der Waals surface area contributed by atoms with Gasteiger partial charge >= 0.3 is 0 Å². The molecule has 0 spiro atoms. The summed E-state index contributed by atoms with van der Waals surface area (Å²) >= 11 is 3.76. The fourth-order valence-corrected chi connectivity index (χ4v) is 2.92. The third-order valence-electron chi connectivity index (χ3n) is 4.19. The van der Waals surface area contributed by atoms with Crippen LogP contribution in [0.1, 0.15) is 11.1 Å². The number of aromatic nitrogens is 1. The Hall–Kier alpha value is -2.93. The number of hydrogen-bond donors (Lipinski definition) is 2. The highest BCUT2D eigenvalue weighted by molar-refractivity contribution is 7.96. The van der Waals surface area contributed by atoms with E-state index in [4.69, 9.17) is 14.2 Å². The maximum Gasteiger partial charge on any atom is 0.280 e. The number of benzene rings is 2. The van der Waals surface area contributed by atoms with Crippen LogP contribution < -0.4 is 19.5 Å². The van der Waals surface area contributed by atoms with E-state index in [1.54, 1.807) is 26.5 Å². The molecule has 140 valence electrons. The highest BCUT2D eigenvalue weighted by atomic mass is 32.1. The predicted molar refractivity (Wildman–Crippen MR) is 109 cm³/mol. The molecule has 2 aromatic carbocycles. The van der Waals surface area contributed by atoms with Crippen LogP contribution in [-0.4, -0.2) is 24.4 Å². The van der Waals surface area contributed by atoms with E-state index in [2.05, 4.69) is 22.9 Å². The van der Waals surface area contributed by atoms with Gasteiger partial charge in [0, 0.05) is 23.3 Å². The van der Waals surface area contributed by atoms with Gasteiger partial charge in [0.1, 0.15) is 11.5 Å². The van der Waals surface area contributed by atoms with Gasteiger partial charge in [-0.2, -0.15) is 0 Å². The maximum atomic E-state index is 11.2. The topological polar surface area (TPSA) is 69.7 Å². The molecule has 27 heavy (non-hydrogen) atoms. The van der Waals surface area contributed by atoms with Crippen LogP contribution in [0, 0.1) is 13.8 Å². The number of aryl methyl sites for hydroxylation is 2. The van der Waals surface area contributed by atoms with Gasteiger partial charge in [0.2, 0.25) is 0 Å². The molecule has 0 bridgehead atoms. The first-order chi connectivity index (χ1) is 12.9. The van der Waals surface area contributed by atoms with Crippen molar-refractivity contribution >= 4 is 34.5 Å². The van der Waals surface area contributed by atoms with Crippen molar-refractivity contribution in [1.29, 1.82) is 0 Å². The minimum atomic E-state index is -0.410. The van der Waals surface area contributed by atoms with Gasteiger partial charge in [-0.05, 0) is 49.2 Å². The molecule has 1 heterocycles. The van der Waals surface area contributed by atoms with E-state index >= 15 is 0 Å². The van der Waals surface area contributed by atoms with Gasteiger partial charge in [-0.25, -0.2) is 0 Å². The lowest BCUT2D eigenvalue weighted by Gasteiger charge is -2.15. The van der Waals surface area contributed by atoms with E-state index < -0.39 is 5.24 Å². The number of nitrogens with zero attached hydrogens (tertiary/aromatic N) is 1. The number of thiol groups is 1. The Labute approximate surface area is 162 Å². The number of hydrogen-bond acceptors (Lipinski definition) is 5. The molecule has 0 aliphatic carbocycles. The molecule has 0 aliphatic heterocycles. The summed E-state index contributed by atoms with van der Waals surface area (Å²) in [6.45, 7) is 3.81. The van der Waals surface area contributed by atoms with Crippen molar-refractivity contribution in [2.75, 3.05) is 19.5 Å².